The third-order valence-electron chi connectivity index (χ3n) is 3.76. The smallest absolute Gasteiger partial charge is 0.161 e. The number of benzene rings is 1. The molecule has 0 radical (unpaired) electrons. The van der Waals surface area contributed by atoms with Gasteiger partial charge in [0.2, 0.25) is 0 Å². The third-order valence-corrected chi connectivity index (χ3v) is 3.76. The summed E-state index contributed by atoms with van der Waals surface area (Å²) in [6, 6.07) is 4.70. The molecule has 1 aromatic rings. The van der Waals surface area contributed by atoms with Crippen molar-refractivity contribution < 1.29 is 9.47 Å². The summed E-state index contributed by atoms with van der Waals surface area (Å²) in [5.74, 6) is 1.60. The zero-order chi connectivity index (χ0) is 15.3. The lowest BCUT2D eigenvalue weighted by Gasteiger charge is -2.28. The van der Waals surface area contributed by atoms with Crippen LogP contribution in [0.2, 0.25) is 0 Å². The Morgan fingerprint density at radius 2 is 1.65 bits per heavy atom. The Bertz CT molecular complexity index is 439. The SMILES string of the molecule is COc1cc(C)c(C(C)(C)CCNC(C)C)cc1OC. The second-order valence-electron chi connectivity index (χ2n) is 6.26. The van der Waals surface area contributed by atoms with Crippen LogP contribution in [-0.4, -0.2) is 26.8 Å². The monoisotopic (exact) mass is 279 g/mol. The van der Waals surface area contributed by atoms with E-state index in [4.69, 9.17) is 9.47 Å². The van der Waals surface area contributed by atoms with Gasteiger partial charge >= 0.3 is 0 Å². The Labute approximate surface area is 123 Å². The van der Waals surface area contributed by atoms with E-state index in [0.717, 1.165) is 24.5 Å². The molecule has 3 heteroatoms. The molecule has 0 bridgehead atoms. The first-order valence-corrected chi connectivity index (χ1v) is 7.28. The van der Waals surface area contributed by atoms with E-state index in [2.05, 4.69) is 52.1 Å². The van der Waals surface area contributed by atoms with Crippen LogP contribution in [0.15, 0.2) is 12.1 Å². The zero-order valence-corrected chi connectivity index (χ0v) is 14.0. The van der Waals surface area contributed by atoms with Crippen molar-refractivity contribution in [2.75, 3.05) is 20.8 Å². The molecule has 0 aliphatic rings. The number of aryl methyl sites for hydroxylation is 1. The molecule has 0 fully saturated rings. The van der Waals surface area contributed by atoms with E-state index < -0.39 is 0 Å². The summed E-state index contributed by atoms with van der Waals surface area (Å²) in [4.78, 5) is 0. The van der Waals surface area contributed by atoms with E-state index in [9.17, 15) is 0 Å². The van der Waals surface area contributed by atoms with Gasteiger partial charge in [-0.25, -0.2) is 0 Å². The van der Waals surface area contributed by atoms with Crippen molar-refractivity contribution in [3.8, 4) is 11.5 Å². The van der Waals surface area contributed by atoms with Crippen LogP contribution in [0.3, 0.4) is 0 Å². The lowest BCUT2D eigenvalue weighted by molar-refractivity contribution is 0.352. The van der Waals surface area contributed by atoms with E-state index in [1.807, 2.05) is 0 Å². The van der Waals surface area contributed by atoms with Gasteiger partial charge in [-0.05, 0) is 48.6 Å². The van der Waals surface area contributed by atoms with Crippen molar-refractivity contribution in [2.45, 2.75) is 52.5 Å². The lowest BCUT2D eigenvalue weighted by atomic mass is 9.79. The molecular formula is C17H29NO2. The molecule has 0 saturated carbocycles. The number of ether oxygens (including phenoxy) is 2. The third kappa shape index (κ3) is 4.14. The number of rotatable bonds is 7. The summed E-state index contributed by atoms with van der Waals surface area (Å²) in [6.45, 7) is 12.1. The van der Waals surface area contributed by atoms with Gasteiger partial charge in [0, 0.05) is 6.04 Å². The van der Waals surface area contributed by atoms with E-state index in [0.29, 0.717) is 6.04 Å². The predicted molar refractivity (Wildman–Crippen MR) is 85.1 cm³/mol. The predicted octanol–water partition coefficient (Wildman–Crippen LogP) is 3.68. The highest BCUT2D eigenvalue weighted by Gasteiger charge is 2.24. The van der Waals surface area contributed by atoms with Gasteiger partial charge in [0.1, 0.15) is 0 Å². The van der Waals surface area contributed by atoms with Crippen molar-refractivity contribution in [1.82, 2.24) is 5.32 Å². The Balaban J connectivity index is 2.98. The molecule has 0 saturated heterocycles. The molecular weight excluding hydrogens is 250 g/mol. The fraction of sp³-hybridized carbons (Fsp3) is 0.647. The highest BCUT2D eigenvalue weighted by molar-refractivity contribution is 5.49. The molecule has 0 heterocycles. The van der Waals surface area contributed by atoms with Crippen LogP contribution < -0.4 is 14.8 Å². The van der Waals surface area contributed by atoms with Crippen molar-refractivity contribution in [1.29, 1.82) is 0 Å². The minimum atomic E-state index is 0.103. The topological polar surface area (TPSA) is 30.5 Å². The van der Waals surface area contributed by atoms with Crippen LogP contribution in [0, 0.1) is 6.92 Å². The van der Waals surface area contributed by atoms with Gasteiger partial charge < -0.3 is 14.8 Å². The van der Waals surface area contributed by atoms with Crippen LogP contribution in [0.25, 0.3) is 0 Å². The minimum Gasteiger partial charge on any atom is -0.493 e. The average Bonchev–Trinajstić information content (AvgIpc) is 2.37. The fourth-order valence-corrected chi connectivity index (χ4v) is 2.52. The Kier molecular flexibility index (Phi) is 5.88. The van der Waals surface area contributed by atoms with Gasteiger partial charge in [0.15, 0.2) is 11.5 Å². The van der Waals surface area contributed by atoms with Gasteiger partial charge in [0.25, 0.3) is 0 Å². The molecule has 0 atom stereocenters. The van der Waals surface area contributed by atoms with Crippen LogP contribution in [0.4, 0.5) is 0 Å². The molecule has 3 nitrogen and oxygen atoms in total. The van der Waals surface area contributed by atoms with Crippen LogP contribution in [0.1, 0.15) is 45.2 Å². The summed E-state index contributed by atoms with van der Waals surface area (Å²) >= 11 is 0. The first kappa shape index (κ1) is 16.8. The molecule has 114 valence electrons. The van der Waals surface area contributed by atoms with Gasteiger partial charge in [0.05, 0.1) is 14.2 Å². The number of nitrogens with one attached hydrogen (secondary N) is 1. The Hall–Kier alpha value is -1.22. The maximum absolute atomic E-state index is 5.43. The first-order chi connectivity index (χ1) is 9.31. The largest absolute Gasteiger partial charge is 0.493 e. The quantitative estimate of drug-likeness (QED) is 0.826. The van der Waals surface area contributed by atoms with Gasteiger partial charge in [-0.1, -0.05) is 27.7 Å². The number of hydrogen-bond donors (Lipinski definition) is 1. The maximum Gasteiger partial charge on any atom is 0.161 e. The molecule has 0 spiro atoms. The standard InChI is InChI=1S/C17H29NO2/c1-12(2)18-9-8-17(4,5)14-11-16(20-7)15(19-6)10-13(14)3/h10-12,18H,8-9H2,1-7H3. The molecule has 0 aliphatic heterocycles. The Morgan fingerprint density at radius 1 is 1.10 bits per heavy atom. The van der Waals surface area contributed by atoms with E-state index in [-0.39, 0.29) is 5.41 Å². The number of methoxy groups -OCH3 is 2. The zero-order valence-electron chi connectivity index (χ0n) is 14.0. The second kappa shape index (κ2) is 6.98. The second-order valence-corrected chi connectivity index (χ2v) is 6.26. The number of hydrogen-bond acceptors (Lipinski definition) is 3. The van der Waals surface area contributed by atoms with E-state index in [1.54, 1.807) is 14.2 Å². The maximum atomic E-state index is 5.43. The van der Waals surface area contributed by atoms with Crippen LogP contribution >= 0.6 is 0 Å². The van der Waals surface area contributed by atoms with Crippen molar-refractivity contribution >= 4 is 0 Å². The summed E-state index contributed by atoms with van der Waals surface area (Å²) < 4.78 is 10.8. The minimum absolute atomic E-state index is 0.103. The molecule has 1 aromatic carbocycles. The van der Waals surface area contributed by atoms with Gasteiger partial charge in [-0.2, -0.15) is 0 Å². The molecule has 1 rings (SSSR count). The van der Waals surface area contributed by atoms with Crippen molar-refractivity contribution in [3.63, 3.8) is 0 Å². The molecule has 0 aliphatic carbocycles. The summed E-state index contributed by atoms with van der Waals surface area (Å²) in [7, 11) is 3.36. The first-order valence-electron chi connectivity index (χ1n) is 7.28. The van der Waals surface area contributed by atoms with Crippen molar-refractivity contribution in [3.05, 3.63) is 23.3 Å². The lowest BCUT2D eigenvalue weighted by Crippen LogP contribution is -2.30. The summed E-state index contributed by atoms with van der Waals surface area (Å²) in [6.07, 6.45) is 1.08. The molecule has 0 unspecified atom stereocenters. The Morgan fingerprint density at radius 3 is 2.15 bits per heavy atom. The van der Waals surface area contributed by atoms with Crippen LogP contribution in [0.5, 0.6) is 11.5 Å². The van der Waals surface area contributed by atoms with Crippen LogP contribution in [-0.2, 0) is 5.41 Å². The van der Waals surface area contributed by atoms with Crippen molar-refractivity contribution in [2.24, 2.45) is 0 Å². The highest BCUT2D eigenvalue weighted by atomic mass is 16.5. The fourth-order valence-electron chi connectivity index (χ4n) is 2.52. The molecule has 0 aromatic heterocycles. The molecule has 1 N–H and O–H groups in total. The average molecular weight is 279 g/mol. The normalized spacial score (nSPS) is 11.8. The van der Waals surface area contributed by atoms with E-state index in [1.165, 1.54) is 11.1 Å². The summed E-state index contributed by atoms with van der Waals surface area (Å²) in [5.41, 5.74) is 2.67. The highest BCUT2D eigenvalue weighted by Crippen LogP contribution is 2.37. The summed E-state index contributed by atoms with van der Waals surface area (Å²) in [5, 5.41) is 3.49. The van der Waals surface area contributed by atoms with Gasteiger partial charge in [-0.3, -0.25) is 0 Å². The molecule has 20 heavy (non-hydrogen) atoms. The van der Waals surface area contributed by atoms with Gasteiger partial charge in [-0.15, -0.1) is 0 Å². The van der Waals surface area contributed by atoms with E-state index >= 15 is 0 Å². The molecule has 0 amide bonds.